The second kappa shape index (κ2) is 9.16. The minimum atomic E-state index is -0.103. The molecule has 4 rings (SSSR count). The first-order chi connectivity index (χ1) is 14.1. The fourth-order valence-corrected chi connectivity index (χ4v) is 5.09. The first-order valence-corrected chi connectivity index (χ1v) is 11.1. The molecule has 3 fully saturated rings. The van der Waals surface area contributed by atoms with Gasteiger partial charge in [0.15, 0.2) is 0 Å². The SMILES string of the molecule is O=C(NC1CCN(C(=O)CCc2ccccc2)C1)NC1CCOC2(CCCC2)C1. The second-order valence-electron chi connectivity index (χ2n) is 8.86. The van der Waals surface area contributed by atoms with Crippen molar-refractivity contribution in [2.75, 3.05) is 19.7 Å². The van der Waals surface area contributed by atoms with Crippen molar-refractivity contribution < 1.29 is 14.3 Å². The summed E-state index contributed by atoms with van der Waals surface area (Å²) in [4.78, 5) is 26.9. The molecule has 2 aliphatic heterocycles. The molecule has 6 nitrogen and oxygen atoms in total. The predicted molar refractivity (Wildman–Crippen MR) is 112 cm³/mol. The third-order valence-electron chi connectivity index (χ3n) is 6.69. The van der Waals surface area contributed by atoms with Crippen molar-refractivity contribution in [2.24, 2.45) is 0 Å². The first kappa shape index (κ1) is 20.2. The average molecular weight is 400 g/mol. The van der Waals surface area contributed by atoms with Crippen molar-refractivity contribution in [1.82, 2.24) is 15.5 Å². The van der Waals surface area contributed by atoms with Crippen LogP contribution < -0.4 is 10.6 Å². The van der Waals surface area contributed by atoms with E-state index in [0.717, 1.165) is 51.7 Å². The molecule has 0 aromatic heterocycles. The van der Waals surface area contributed by atoms with Crippen LogP contribution in [0.25, 0.3) is 0 Å². The zero-order valence-electron chi connectivity index (χ0n) is 17.2. The first-order valence-electron chi connectivity index (χ1n) is 11.1. The van der Waals surface area contributed by atoms with Crippen LogP contribution in [0, 0.1) is 0 Å². The van der Waals surface area contributed by atoms with Crippen LogP contribution in [-0.2, 0) is 16.0 Å². The molecule has 1 saturated carbocycles. The topological polar surface area (TPSA) is 70.7 Å². The van der Waals surface area contributed by atoms with Gasteiger partial charge in [-0.05, 0) is 44.1 Å². The van der Waals surface area contributed by atoms with E-state index in [1.807, 2.05) is 23.1 Å². The fraction of sp³-hybridized carbons (Fsp3) is 0.652. The summed E-state index contributed by atoms with van der Waals surface area (Å²) in [5.41, 5.74) is 1.19. The average Bonchev–Trinajstić information content (AvgIpc) is 3.37. The smallest absolute Gasteiger partial charge is 0.315 e. The van der Waals surface area contributed by atoms with Gasteiger partial charge in [-0.25, -0.2) is 4.79 Å². The molecule has 2 saturated heterocycles. The summed E-state index contributed by atoms with van der Waals surface area (Å²) in [6.45, 7) is 2.07. The molecular weight excluding hydrogens is 366 g/mol. The number of nitrogens with one attached hydrogen (secondary N) is 2. The van der Waals surface area contributed by atoms with Gasteiger partial charge in [-0.3, -0.25) is 4.79 Å². The maximum atomic E-state index is 12.5. The number of carbonyl (C=O) groups excluding carboxylic acids is 2. The highest BCUT2D eigenvalue weighted by Crippen LogP contribution is 2.39. The lowest BCUT2D eigenvalue weighted by Gasteiger charge is -2.38. The van der Waals surface area contributed by atoms with Gasteiger partial charge in [-0.15, -0.1) is 0 Å². The lowest BCUT2D eigenvalue weighted by atomic mass is 9.89. The Kier molecular flexibility index (Phi) is 6.38. The summed E-state index contributed by atoms with van der Waals surface area (Å²) >= 11 is 0. The molecule has 3 aliphatic rings. The third kappa shape index (κ3) is 5.30. The van der Waals surface area contributed by atoms with E-state index in [4.69, 9.17) is 4.74 Å². The van der Waals surface area contributed by atoms with Gasteiger partial charge in [0, 0.05) is 38.2 Å². The van der Waals surface area contributed by atoms with Crippen LogP contribution in [0.2, 0.25) is 0 Å². The summed E-state index contributed by atoms with van der Waals surface area (Å²) in [7, 11) is 0. The molecule has 6 heteroatoms. The molecule has 1 aromatic carbocycles. The van der Waals surface area contributed by atoms with Gasteiger partial charge in [0.05, 0.1) is 5.60 Å². The number of carbonyl (C=O) groups is 2. The number of hydrogen-bond acceptors (Lipinski definition) is 3. The van der Waals surface area contributed by atoms with E-state index in [1.165, 1.54) is 18.4 Å². The molecule has 29 heavy (non-hydrogen) atoms. The summed E-state index contributed by atoms with van der Waals surface area (Å²) in [6.07, 6.45) is 8.61. The van der Waals surface area contributed by atoms with Crippen LogP contribution in [0.15, 0.2) is 30.3 Å². The third-order valence-corrected chi connectivity index (χ3v) is 6.69. The Labute approximate surface area is 173 Å². The van der Waals surface area contributed by atoms with E-state index in [-0.39, 0.29) is 29.6 Å². The molecule has 1 aromatic rings. The highest BCUT2D eigenvalue weighted by atomic mass is 16.5. The fourth-order valence-electron chi connectivity index (χ4n) is 5.09. The standard InChI is InChI=1S/C23H33N3O3/c27-21(9-8-18-6-2-1-3-7-18)26-14-10-20(17-26)25-22(28)24-19-11-15-29-23(16-19)12-4-5-13-23/h1-3,6-7,19-20H,4-5,8-17H2,(H2,24,25,28). The Morgan fingerprint density at radius 2 is 1.83 bits per heavy atom. The van der Waals surface area contributed by atoms with Crippen molar-refractivity contribution in [3.05, 3.63) is 35.9 Å². The molecule has 2 atom stereocenters. The molecule has 0 bridgehead atoms. The van der Waals surface area contributed by atoms with Crippen LogP contribution >= 0.6 is 0 Å². The van der Waals surface area contributed by atoms with Gasteiger partial charge in [0.1, 0.15) is 0 Å². The molecule has 1 aliphatic carbocycles. The minimum Gasteiger partial charge on any atom is -0.375 e. The van der Waals surface area contributed by atoms with Gasteiger partial charge < -0.3 is 20.3 Å². The number of hydrogen-bond donors (Lipinski definition) is 2. The van der Waals surface area contributed by atoms with Crippen LogP contribution in [0.4, 0.5) is 4.79 Å². The van der Waals surface area contributed by atoms with Crippen molar-refractivity contribution in [2.45, 2.75) is 75.5 Å². The molecule has 0 radical (unpaired) electrons. The molecule has 2 unspecified atom stereocenters. The number of ether oxygens (including phenoxy) is 1. The quantitative estimate of drug-likeness (QED) is 0.800. The number of nitrogens with zero attached hydrogens (tertiary/aromatic N) is 1. The molecule has 3 amide bonds. The van der Waals surface area contributed by atoms with E-state index in [1.54, 1.807) is 0 Å². The van der Waals surface area contributed by atoms with E-state index in [0.29, 0.717) is 13.0 Å². The van der Waals surface area contributed by atoms with E-state index < -0.39 is 0 Å². The largest absolute Gasteiger partial charge is 0.375 e. The van der Waals surface area contributed by atoms with Crippen LogP contribution in [0.3, 0.4) is 0 Å². The van der Waals surface area contributed by atoms with E-state index >= 15 is 0 Å². The minimum absolute atomic E-state index is 0.00548. The van der Waals surface area contributed by atoms with Crippen molar-refractivity contribution in [3.63, 3.8) is 0 Å². The number of aryl methyl sites for hydroxylation is 1. The molecule has 1 spiro atoms. The Morgan fingerprint density at radius 1 is 1.07 bits per heavy atom. The van der Waals surface area contributed by atoms with Crippen molar-refractivity contribution in [3.8, 4) is 0 Å². The second-order valence-corrected chi connectivity index (χ2v) is 8.86. The van der Waals surface area contributed by atoms with Gasteiger partial charge in [-0.1, -0.05) is 43.2 Å². The van der Waals surface area contributed by atoms with Crippen LogP contribution in [-0.4, -0.2) is 54.2 Å². The summed E-state index contributed by atoms with van der Waals surface area (Å²) in [5.74, 6) is 0.172. The van der Waals surface area contributed by atoms with E-state index in [2.05, 4.69) is 22.8 Å². The molecule has 158 valence electrons. The van der Waals surface area contributed by atoms with Gasteiger partial charge >= 0.3 is 6.03 Å². The number of urea groups is 1. The Morgan fingerprint density at radius 3 is 2.62 bits per heavy atom. The van der Waals surface area contributed by atoms with E-state index in [9.17, 15) is 9.59 Å². The highest BCUT2D eigenvalue weighted by Gasteiger charge is 2.40. The van der Waals surface area contributed by atoms with Crippen LogP contribution in [0.1, 0.15) is 56.9 Å². The number of rotatable bonds is 5. The van der Waals surface area contributed by atoms with Gasteiger partial charge in [0.2, 0.25) is 5.91 Å². The molecule has 2 N–H and O–H groups in total. The zero-order valence-corrected chi connectivity index (χ0v) is 17.2. The predicted octanol–water partition coefficient (Wildman–Crippen LogP) is 3.01. The van der Waals surface area contributed by atoms with Gasteiger partial charge in [-0.2, -0.15) is 0 Å². The Balaban J connectivity index is 1.18. The number of likely N-dealkylation sites (tertiary alicyclic amines) is 1. The molecular formula is C23H33N3O3. The maximum absolute atomic E-state index is 12.5. The highest BCUT2D eigenvalue weighted by molar-refractivity contribution is 5.77. The lowest BCUT2D eigenvalue weighted by Crippen LogP contribution is -2.52. The Bertz CT molecular complexity index is 703. The number of benzene rings is 1. The maximum Gasteiger partial charge on any atom is 0.315 e. The summed E-state index contributed by atoms with van der Waals surface area (Å²) in [6, 6.07) is 10.2. The zero-order chi connectivity index (χ0) is 20.1. The summed E-state index contributed by atoms with van der Waals surface area (Å²) in [5, 5.41) is 6.23. The van der Waals surface area contributed by atoms with Crippen molar-refractivity contribution >= 4 is 11.9 Å². The molecule has 2 heterocycles. The normalized spacial score (nSPS) is 25.9. The Hall–Kier alpha value is -2.08. The summed E-state index contributed by atoms with van der Waals surface area (Å²) < 4.78 is 6.05. The van der Waals surface area contributed by atoms with Crippen LogP contribution in [0.5, 0.6) is 0 Å². The number of amides is 3. The lowest BCUT2D eigenvalue weighted by molar-refractivity contribution is -0.130. The van der Waals surface area contributed by atoms with Crippen molar-refractivity contribution in [1.29, 1.82) is 0 Å². The monoisotopic (exact) mass is 399 g/mol. The van der Waals surface area contributed by atoms with Gasteiger partial charge in [0.25, 0.3) is 0 Å².